The lowest BCUT2D eigenvalue weighted by Gasteiger charge is -2.34. The van der Waals surface area contributed by atoms with Crippen LogP contribution in [-0.4, -0.2) is 36.3 Å². The molecule has 3 atom stereocenters. The summed E-state index contributed by atoms with van der Waals surface area (Å²) >= 11 is 6.16. The number of carbonyl (C=O) groups excluding carboxylic acids is 4. The van der Waals surface area contributed by atoms with Crippen molar-refractivity contribution >= 4 is 41.0 Å². The zero-order chi connectivity index (χ0) is 23.7. The first kappa shape index (κ1) is 23.0. The van der Waals surface area contributed by atoms with Gasteiger partial charge in [-0.3, -0.25) is 14.4 Å². The minimum Gasteiger partial charge on any atom is -0.452 e. The average Bonchev–Trinajstić information content (AvgIpc) is 3.05. The summed E-state index contributed by atoms with van der Waals surface area (Å²) < 4.78 is 5.16. The molecule has 1 aliphatic carbocycles. The smallest absolute Gasteiger partial charge is 0.338 e. The molecule has 1 N–H and O–H groups in total. The van der Waals surface area contributed by atoms with E-state index in [2.05, 4.69) is 19.2 Å². The summed E-state index contributed by atoms with van der Waals surface area (Å²) in [5.74, 6) is -1.29. The van der Waals surface area contributed by atoms with Crippen LogP contribution in [0.1, 0.15) is 64.2 Å². The summed E-state index contributed by atoms with van der Waals surface area (Å²) in [5, 5.41) is 3.22. The third kappa shape index (κ3) is 4.50. The lowest BCUT2D eigenvalue weighted by molar-refractivity contribution is -0.125. The first-order valence-electron chi connectivity index (χ1n) is 11.0. The molecule has 8 heteroatoms. The lowest BCUT2D eigenvalue weighted by atomic mass is 9.78. The van der Waals surface area contributed by atoms with Crippen LogP contribution >= 0.6 is 11.6 Å². The van der Waals surface area contributed by atoms with Crippen LogP contribution in [0, 0.1) is 11.8 Å². The summed E-state index contributed by atoms with van der Waals surface area (Å²) in [5.41, 5.74) is 0.624. The number of nitrogens with zero attached hydrogens (tertiary/aromatic N) is 1. The van der Waals surface area contributed by atoms with Crippen molar-refractivity contribution in [2.75, 3.05) is 11.5 Å². The first-order valence-corrected chi connectivity index (χ1v) is 11.4. The molecule has 0 spiro atoms. The van der Waals surface area contributed by atoms with Gasteiger partial charge in [-0.2, -0.15) is 0 Å². The Bertz CT molecular complexity index is 1130. The van der Waals surface area contributed by atoms with Crippen molar-refractivity contribution in [3.63, 3.8) is 0 Å². The van der Waals surface area contributed by atoms with Crippen LogP contribution in [0.25, 0.3) is 0 Å². The van der Waals surface area contributed by atoms with Gasteiger partial charge in [0.2, 0.25) is 0 Å². The molecule has 33 heavy (non-hydrogen) atoms. The highest BCUT2D eigenvalue weighted by Crippen LogP contribution is 2.33. The molecule has 2 aromatic rings. The van der Waals surface area contributed by atoms with Crippen molar-refractivity contribution in [2.45, 2.75) is 39.2 Å². The monoisotopic (exact) mass is 468 g/mol. The van der Waals surface area contributed by atoms with Crippen molar-refractivity contribution in [1.29, 1.82) is 0 Å². The van der Waals surface area contributed by atoms with Gasteiger partial charge in [0.15, 0.2) is 6.61 Å². The number of hydrogen-bond acceptors (Lipinski definition) is 5. The predicted octanol–water partition coefficient (Wildman–Crippen LogP) is 4.24. The Morgan fingerprint density at radius 3 is 2.55 bits per heavy atom. The Balaban J connectivity index is 1.42. The Morgan fingerprint density at radius 1 is 1.06 bits per heavy atom. The van der Waals surface area contributed by atoms with Crippen molar-refractivity contribution < 1.29 is 23.9 Å². The third-order valence-corrected chi connectivity index (χ3v) is 6.92. The second-order valence-corrected chi connectivity index (χ2v) is 9.08. The van der Waals surface area contributed by atoms with E-state index in [1.54, 1.807) is 24.3 Å². The van der Waals surface area contributed by atoms with Gasteiger partial charge >= 0.3 is 5.97 Å². The number of esters is 1. The molecule has 1 fully saturated rings. The number of benzene rings is 2. The van der Waals surface area contributed by atoms with Gasteiger partial charge in [0, 0.05) is 6.04 Å². The second-order valence-electron chi connectivity index (χ2n) is 8.67. The number of nitrogens with one attached hydrogen (secondary N) is 1. The van der Waals surface area contributed by atoms with Gasteiger partial charge in [0.1, 0.15) is 0 Å². The molecule has 3 unspecified atom stereocenters. The molecule has 7 nitrogen and oxygen atoms in total. The highest BCUT2D eigenvalue weighted by Gasteiger charge is 2.38. The number of ether oxygens (including phenoxy) is 1. The zero-order valence-electron chi connectivity index (χ0n) is 18.5. The normalized spacial score (nSPS) is 22.2. The largest absolute Gasteiger partial charge is 0.452 e. The SMILES string of the molecule is CC1CCCC(NC(=O)COC(=O)c2ccc3c(c2)C(=O)N(c2ccccc2Cl)C3=O)C1C. The van der Waals surface area contributed by atoms with Crippen molar-refractivity contribution in [3.8, 4) is 0 Å². The summed E-state index contributed by atoms with van der Waals surface area (Å²) in [7, 11) is 0. The molecule has 4 rings (SSSR count). The van der Waals surface area contributed by atoms with Crippen LogP contribution in [-0.2, 0) is 9.53 Å². The highest BCUT2D eigenvalue weighted by atomic mass is 35.5. The fourth-order valence-electron chi connectivity index (χ4n) is 4.47. The summed E-state index contributed by atoms with van der Waals surface area (Å²) in [6.07, 6.45) is 3.12. The highest BCUT2D eigenvalue weighted by molar-refractivity contribution is 6.39. The van der Waals surface area contributed by atoms with Crippen LogP contribution in [0.5, 0.6) is 0 Å². The maximum absolute atomic E-state index is 12.9. The quantitative estimate of drug-likeness (QED) is 0.523. The molecular formula is C25H25ClN2O5. The molecular weight excluding hydrogens is 444 g/mol. The Hall–Kier alpha value is -3.19. The van der Waals surface area contributed by atoms with Crippen LogP contribution in [0.4, 0.5) is 5.69 Å². The van der Waals surface area contributed by atoms with Gasteiger partial charge in [0.25, 0.3) is 17.7 Å². The minimum atomic E-state index is -0.741. The predicted molar refractivity (Wildman–Crippen MR) is 123 cm³/mol. The molecule has 172 valence electrons. The third-order valence-electron chi connectivity index (χ3n) is 6.60. The molecule has 0 radical (unpaired) electrons. The number of anilines is 1. The fourth-order valence-corrected chi connectivity index (χ4v) is 4.69. The number of rotatable bonds is 5. The van der Waals surface area contributed by atoms with Crippen LogP contribution in [0.3, 0.4) is 0 Å². The number of para-hydroxylation sites is 1. The van der Waals surface area contributed by atoms with Crippen molar-refractivity contribution in [2.24, 2.45) is 11.8 Å². The van der Waals surface area contributed by atoms with Gasteiger partial charge in [-0.25, -0.2) is 9.69 Å². The number of halogens is 1. The number of amides is 3. The van der Waals surface area contributed by atoms with Gasteiger partial charge in [0.05, 0.1) is 27.4 Å². The minimum absolute atomic E-state index is 0.0689. The van der Waals surface area contributed by atoms with E-state index in [1.165, 1.54) is 18.2 Å². The topological polar surface area (TPSA) is 92.8 Å². The molecule has 2 aromatic carbocycles. The van der Waals surface area contributed by atoms with E-state index in [1.807, 2.05) is 0 Å². The van der Waals surface area contributed by atoms with E-state index in [4.69, 9.17) is 16.3 Å². The van der Waals surface area contributed by atoms with E-state index >= 15 is 0 Å². The van der Waals surface area contributed by atoms with Gasteiger partial charge < -0.3 is 10.1 Å². The fraction of sp³-hybridized carbons (Fsp3) is 0.360. The van der Waals surface area contributed by atoms with E-state index < -0.39 is 24.4 Å². The van der Waals surface area contributed by atoms with E-state index in [9.17, 15) is 19.2 Å². The maximum Gasteiger partial charge on any atom is 0.338 e. The molecule has 1 heterocycles. The first-order chi connectivity index (χ1) is 15.8. The van der Waals surface area contributed by atoms with Gasteiger partial charge in [-0.15, -0.1) is 0 Å². The lowest BCUT2D eigenvalue weighted by Crippen LogP contribution is -2.45. The summed E-state index contributed by atoms with van der Waals surface area (Å²) in [6.45, 7) is 3.89. The van der Waals surface area contributed by atoms with Crippen LogP contribution in [0.2, 0.25) is 5.02 Å². The molecule has 0 saturated heterocycles. The second kappa shape index (κ2) is 9.35. The van der Waals surface area contributed by atoms with E-state index in [0.29, 0.717) is 11.8 Å². The number of fused-ring (bicyclic) bond motifs is 1. The average molecular weight is 469 g/mol. The van der Waals surface area contributed by atoms with Crippen LogP contribution in [0.15, 0.2) is 42.5 Å². The molecule has 0 bridgehead atoms. The Kier molecular flexibility index (Phi) is 6.51. The van der Waals surface area contributed by atoms with Crippen molar-refractivity contribution in [3.05, 3.63) is 64.2 Å². The Morgan fingerprint density at radius 2 is 1.79 bits per heavy atom. The summed E-state index contributed by atoms with van der Waals surface area (Å²) in [4.78, 5) is 51.5. The Labute approximate surface area is 197 Å². The molecule has 3 amide bonds. The van der Waals surface area contributed by atoms with E-state index in [0.717, 1.165) is 24.2 Å². The molecule has 2 aliphatic rings. The van der Waals surface area contributed by atoms with Gasteiger partial charge in [-0.05, 0) is 48.6 Å². The number of carbonyl (C=O) groups is 4. The van der Waals surface area contributed by atoms with Crippen LogP contribution < -0.4 is 10.2 Å². The van der Waals surface area contributed by atoms with Gasteiger partial charge in [-0.1, -0.05) is 50.4 Å². The molecule has 0 aromatic heterocycles. The van der Waals surface area contributed by atoms with Crippen molar-refractivity contribution in [1.82, 2.24) is 5.32 Å². The number of hydrogen-bond donors (Lipinski definition) is 1. The molecule has 1 aliphatic heterocycles. The zero-order valence-corrected chi connectivity index (χ0v) is 19.2. The number of imide groups is 1. The maximum atomic E-state index is 12.9. The summed E-state index contributed by atoms with van der Waals surface area (Å²) in [6, 6.07) is 10.7. The standard InChI is InChI=1S/C25H25ClN2O5/c1-14-6-5-8-20(15(14)2)27-22(29)13-33-25(32)16-10-11-17-18(12-16)24(31)28(23(17)30)21-9-4-3-7-19(21)26/h3-4,7,9-12,14-15,20H,5-6,8,13H2,1-2H3,(H,27,29). The molecule has 1 saturated carbocycles. The van der Waals surface area contributed by atoms with E-state index in [-0.39, 0.29) is 39.3 Å².